The lowest BCUT2D eigenvalue weighted by Gasteiger charge is -2.16. The van der Waals surface area contributed by atoms with E-state index in [4.69, 9.17) is 37.9 Å². The van der Waals surface area contributed by atoms with Crippen LogP contribution in [0.4, 0.5) is 0 Å². The molecule has 0 N–H and O–H groups in total. The normalized spacial score (nSPS) is 11.9. The monoisotopic (exact) mass is 494 g/mol. The number of ether oxygens (including phenoxy) is 8. The molecule has 34 heavy (non-hydrogen) atoms. The number of hydrogen-bond acceptors (Lipinski definition) is 9. The lowest BCUT2D eigenvalue weighted by atomic mass is 9.89. The summed E-state index contributed by atoms with van der Waals surface area (Å²) in [6.45, 7) is 16.7. The summed E-state index contributed by atoms with van der Waals surface area (Å²) in [5.74, 6) is 0.209. The molecule has 0 radical (unpaired) electrons. The molecule has 0 aromatic rings. The summed E-state index contributed by atoms with van der Waals surface area (Å²) in [6.07, 6.45) is 2.69. The van der Waals surface area contributed by atoms with Crippen molar-refractivity contribution in [3.63, 3.8) is 0 Å². The lowest BCUT2D eigenvalue weighted by Crippen LogP contribution is -2.22. The number of carbonyl (C=O) groups excluding carboxylic acids is 1. The first-order valence-corrected chi connectivity index (χ1v) is 12.6. The maximum atomic E-state index is 11.7. The van der Waals surface area contributed by atoms with Crippen molar-refractivity contribution < 1.29 is 42.7 Å². The van der Waals surface area contributed by atoms with Crippen molar-refractivity contribution in [3.8, 4) is 0 Å². The van der Waals surface area contributed by atoms with Gasteiger partial charge in [-0.2, -0.15) is 0 Å². The van der Waals surface area contributed by atoms with E-state index in [0.29, 0.717) is 106 Å². The molecular formula is C25H50O9. The molecule has 0 aromatic heterocycles. The Hall–Kier alpha value is -0.650. The highest BCUT2D eigenvalue weighted by Gasteiger charge is 2.20. The van der Waals surface area contributed by atoms with E-state index in [-0.39, 0.29) is 11.2 Å². The van der Waals surface area contributed by atoms with Gasteiger partial charge in [0.25, 0.3) is 0 Å². The molecule has 0 bridgehead atoms. The SMILES string of the molecule is CCCCOCCOCCOCCOCCOCCOCCOCCOCCC(=O)C(C)(C)C. The van der Waals surface area contributed by atoms with Gasteiger partial charge in [-0.25, -0.2) is 0 Å². The molecule has 0 aliphatic rings. The fourth-order valence-corrected chi connectivity index (χ4v) is 2.43. The van der Waals surface area contributed by atoms with Crippen molar-refractivity contribution in [2.75, 3.05) is 106 Å². The molecule has 0 saturated carbocycles. The van der Waals surface area contributed by atoms with Gasteiger partial charge in [-0.05, 0) is 6.42 Å². The molecule has 0 rings (SSSR count). The molecule has 9 nitrogen and oxygen atoms in total. The minimum Gasteiger partial charge on any atom is -0.379 e. The minimum atomic E-state index is -0.303. The molecule has 0 fully saturated rings. The highest BCUT2D eigenvalue weighted by molar-refractivity contribution is 5.83. The van der Waals surface area contributed by atoms with Gasteiger partial charge in [0, 0.05) is 18.4 Å². The van der Waals surface area contributed by atoms with Gasteiger partial charge in [0.2, 0.25) is 0 Å². The van der Waals surface area contributed by atoms with Gasteiger partial charge in [-0.1, -0.05) is 34.1 Å². The maximum absolute atomic E-state index is 11.7. The highest BCUT2D eigenvalue weighted by Crippen LogP contribution is 2.16. The van der Waals surface area contributed by atoms with Crippen LogP contribution in [0.25, 0.3) is 0 Å². The molecular weight excluding hydrogens is 444 g/mol. The quantitative estimate of drug-likeness (QED) is 0.160. The van der Waals surface area contributed by atoms with Gasteiger partial charge in [0.1, 0.15) is 5.78 Å². The Labute approximate surface area is 207 Å². The molecule has 0 heterocycles. The summed E-state index contributed by atoms with van der Waals surface area (Å²) in [4.78, 5) is 11.7. The number of unbranched alkanes of at least 4 members (excludes halogenated alkanes) is 1. The third kappa shape index (κ3) is 26.0. The van der Waals surface area contributed by atoms with Crippen LogP contribution in [0, 0.1) is 5.41 Å². The molecule has 0 aliphatic carbocycles. The summed E-state index contributed by atoms with van der Waals surface area (Å²) in [5, 5.41) is 0. The minimum absolute atomic E-state index is 0.209. The van der Waals surface area contributed by atoms with Crippen molar-refractivity contribution in [1.29, 1.82) is 0 Å². The molecule has 0 spiro atoms. The van der Waals surface area contributed by atoms with E-state index in [1.807, 2.05) is 20.8 Å². The second-order valence-electron chi connectivity index (χ2n) is 8.68. The zero-order valence-corrected chi connectivity index (χ0v) is 22.1. The van der Waals surface area contributed by atoms with Gasteiger partial charge in [-0.3, -0.25) is 4.79 Å². The average molecular weight is 495 g/mol. The third-order valence-corrected chi connectivity index (χ3v) is 4.56. The van der Waals surface area contributed by atoms with E-state index in [9.17, 15) is 4.79 Å². The zero-order chi connectivity index (χ0) is 25.2. The first kappa shape index (κ1) is 33.4. The van der Waals surface area contributed by atoms with E-state index >= 15 is 0 Å². The maximum Gasteiger partial charge on any atom is 0.140 e. The lowest BCUT2D eigenvalue weighted by molar-refractivity contribution is -0.127. The van der Waals surface area contributed by atoms with Crippen LogP contribution in [0.3, 0.4) is 0 Å². The first-order chi connectivity index (χ1) is 16.5. The van der Waals surface area contributed by atoms with Gasteiger partial charge in [0.15, 0.2) is 0 Å². The number of rotatable bonds is 27. The fraction of sp³-hybridized carbons (Fsp3) is 0.960. The molecule has 0 unspecified atom stereocenters. The Morgan fingerprint density at radius 1 is 0.471 bits per heavy atom. The van der Waals surface area contributed by atoms with Crippen molar-refractivity contribution in [2.24, 2.45) is 5.41 Å². The standard InChI is InChI=1S/C25H50O9/c1-5-6-8-27-10-12-29-14-16-31-18-20-33-22-23-34-21-19-32-17-15-30-13-11-28-9-7-24(26)25(2,3)4/h5-23H2,1-4H3. The number of ketones is 1. The molecule has 0 aliphatic heterocycles. The summed E-state index contributed by atoms with van der Waals surface area (Å²) in [5.41, 5.74) is -0.303. The van der Waals surface area contributed by atoms with Crippen molar-refractivity contribution in [2.45, 2.75) is 47.0 Å². The smallest absolute Gasteiger partial charge is 0.140 e. The molecule has 0 amide bonds. The predicted molar refractivity (Wildman–Crippen MR) is 131 cm³/mol. The molecule has 9 heteroatoms. The van der Waals surface area contributed by atoms with Gasteiger partial charge >= 0.3 is 0 Å². The fourth-order valence-electron chi connectivity index (χ4n) is 2.43. The number of carbonyl (C=O) groups is 1. The van der Waals surface area contributed by atoms with Gasteiger partial charge in [0.05, 0.1) is 99.1 Å². The van der Waals surface area contributed by atoms with Crippen LogP contribution in [0.1, 0.15) is 47.0 Å². The summed E-state index contributed by atoms with van der Waals surface area (Å²) < 4.78 is 43.4. The molecule has 204 valence electrons. The topological polar surface area (TPSA) is 90.9 Å². The van der Waals surface area contributed by atoms with E-state index in [1.165, 1.54) is 0 Å². The van der Waals surface area contributed by atoms with Crippen molar-refractivity contribution >= 4 is 5.78 Å². The van der Waals surface area contributed by atoms with Crippen LogP contribution in [-0.2, 0) is 42.7 Å². The number of hydrogen-bond donors (Lipinski definition) is 0. The van der Waals surface area contributed by atoms with Crippen molar-refractivity contribution in [3.05, 3.63) is 0 Å². The molecule has 0 aromatic carbocycles. The van der Waals surface area contributed by atoms with E-state index in [1.54, 1.807) is 0 Å². The second kappa shape index (κ2) is 25.4. The average Bonchev–Trinajstić information content (AvgIpc) is 2.80. The zero-order valence-electron chi connectivity index (χ0n) is 22.1. The first-order valence-electron chi connectivity index (χ1n) is 12.6. The van der Waals surface area contributed by atoms with Crippen LogP contribution in [-0.4, -0.2) is 111 Å². The Balaban J connectivity index is 3.08. The Bertz CT molecular complexity index is 427. The summed E-state index contributed by atoms with van der Waals surface area (Å²) in [6, 6.07) is 0. The Morgan fingerprint density at radius 3 is 1.00 bits per heavy atom. The van der Waals surface area contributed by atoms with Crippen molar-refractivity contribution in [1.82, 2.24) is 0 Å². The summed E-state index contributed by atoms with van der Waals surface area (Å²) in [7, 11) is 0. The van der Waals surface area contributed by atoms with Crippen LogP contribution in [0.5, 0.6) is 0 Å². The largest absolute Gasteiger partial charge is 0.379 e. The van der Waals surface area contributed by atoms with E-state index in [2.05, 4.69) is 6.92 Å². The van der Waals surface area contributed by atoms with Gasteiger partial charge in [-0.15, -0.1) is 0 Å². The Kier molecular flexibility index (Phi) is 25.0. The molecule has 0 saturated heterocycles. The van der Waals surface area contributed by atoms with E-state index < -0.39 is 0 Å². The van der Waals surface area contributed by atoms with Crippen LogP contribution in [0.15, 0.2) is 0 Å². The van der Waals surface area contributed by atoms with Crippen LogP contribution >= 0.6 is 0 Å². The van der Waals surface area contributed by atoms with Crippen LogP contribution in [0.2, 0.25) is 0 Å². The highest BCUT2D eigenvalue weighted by atomic mass is 16.6. The van der Waals surface area contributed by atoms with E-state index in [0.717, 1.165) is 19.4 Å². The third-order valence-electron chi connectivity index (χ3n) is 4.56. The predicted octanol–water partition coefficient (Wildman–Crippen LogP) is 2.92. The van der Waals surface area contributed by atoms with Crippen LogP contribution < -0.4 is 0 Å². The second-order valence-corrected chi connectivity index (χ2v) is 8.68. The molecule has 0 atom stereocenters. The Morgan fingerprint density at radius 2 is 0.735 bits per heavy atom. The summed E-state index contributed by atoms with van der Waals surface area (Å²) >= 11 is 0. The van der Waals surface area contributed by atoms with Gasteiger partial charge < -0.3 is 37.9 Å². The number of Topliss-reactive ketones (excluding diaryl/α,β-unsaturated/α-hetero) is 1.